The van der Waals surface area contributed by atoms with Crippen molar-refractivity contribution in [3.8, 4) is 0 Å². The molecule has 2 unspecified atom stereocenters. The molecule has 0 saturated heterocycles. The summed E-state index contributed by atoms with van der Waals surface area (Å²) in [5.41, 5.74) is 1.46. The number of hydrogen-bond donors (Lipinski definition) is 1. The monoisotopic (exact) mass is 382 g/mol. The highest BCUT2D eigenvalue weighted by Gasteiger charge is 2.43. The van der Waals surface area contributed by atoms with Crippen molar-refractivity contribution in [3.05, 3.63) is 36.0 Å². The summed E-state index contributed by atoms with van der Waals surface area (Å²) in [4.78, 5) is 24.3. The Bertz CT molecular complexity index is 840. The normalized spacial score (nSPS) is 23.4. The maximum Gasteiger partial charge on any atom is 0.232 e. The molecule has 3 heterocycles. The van der Waals surface area contributed by atoms with Crippen LogP contribution >= 0.6 is 0 Å². The smallest absolute Gasteiger partial charge is 0.232 e. The lowest BCUT2D eigenvalue weighted by molar-refractivity contribution is -0.126. The minimum Gasteiger partial charge on any atom is -0.467 e. The SMILES string of the molecule is CC(Nc1ncc2c(n1)C(C1CCCC1)CC(C)(C)C(=O)N2C)c1ccco1. The number of anilines is 2. The van der Waals surface area contributed by atoms with Crippen LogP contribution in [0.25, 0.3) is 0 Å². The average Bonchev–Trinajstić information content (AvgIpc) is 3.37. The van der Waals surface area contributed by atoms with Crippen molar-refractivity contribution in [3.63, 3.8) is 0 Å². The summed E-state index contributed by atoms with van der Waals surface area (Å²) < 4.78 is 5.49. The fraction of sp³-hybridized carbons (Fsp3) is 0.591. The van der Waals surface area contributed by atoms with Gasteiger partial charge in [0.2, 0.25) is 11.9 Å². The Balaban J connectivity index is 1.71. The first-order valence-electron chi connectivity index (χ1n) is 10.3. The topological polar surface area (TPSA) is 71.3 Å². The summed E-state index contributed by atoms with van der Waals surface area (Å²) in [5.74, 6) is 2.44. The Kier molecular flexibility index (Phi) is 4.89. The van der Waals surface area contributed by atoms with Gasteiger partial charge in [0, 0.05) is 18.4 Å². The molecule has 1 amide bonds. The van der Waals surface area contributed by atoms with Gasteiger partial charge in [-0.05, 0) is 44.2 Å². The molecule has 4 rings (SSSR count). The van der Waals surface area contributed by atoms with E-state index in [1.54, 1.807) is 17.4 Å². The predicted octanol–water partition coefficient (Wildman–Crippen LogP) is 4.91. The fourth-order valence-electron chi connectivity index (χ4n) is 4.84. The number of nitrogens with one attached hydrogen (secondary N) is 1. The Morgan fingerprint density at radius 2 is 2.07 bits per heavy atom. The zero-order valence-corrected chi connectivity index (χ0v) is 17.2. The number of aromatic nitrogens is 2. The van der Waals surface area contributed by atoms with Gasteiger partial charge in [-0.2, -0.15) is 0 Å². The lowest BCUT2D eigenvalue weighted by Gasteiger charge is -2.29. The highest BCUT2D eigenvalue weighted by molar-refractivity contribution is 5.98. The number of hydrogen-bond acceptors (Lipinski definition) is 5. The zero-order chi connectivity index (χ0) is 19.9. The second-order valence-corrected chi connectivity index (χ2v) is 8.95. The van der Waals surface area contributed by atoms with Gasteiger partial charge >= 0.3 is 0 Å². The number of carbonyl (C=O) groups is 1. The van der Waals surface area contributed by atoms with Crippen LogP contribution in [0.5, 0.6) is 0 Å². The first-order valence-corrected chi connectivity index (χ1v) is 10.3. The molecule has 150 valence electrons. The van der Waals surface area contributed by atoms with E-state index >= 15 is 0 Å². The van der Waals surface area contributed by atoms with Gasteiger partial charge < -0.3 is 14.6 Å². The number of furan rings is 1. The second-order valence-electron chi connectivity index (χ2n) is 8.95. The van der Waals surface area contributed by atoms with Crippen LogP contribution < -0.4 is 10.2 Å². The molecule has 1 fully saturated rings. The van der Waals surface area contributed by atoms with Gasteiger partial charge in [0.15, 0.2) is 0 Å². The summed E-state index contributed by atoms with van der Waals surface area (Å²) in [6.07, 6.45) is 9.28. The number of fused-ring (bicyclic) bond motifs is 1. The summed E-state index contributed by atoms with van der Waals surface area (Å²) in [7, 11) is 1.85. The van der Waals surface area contributed by atoms with Gasteiger partial charge in [0.1, 0.15) is 5.76 Å². The number of rotatable bonds is 4. The minimum atomic E-state index is -0.405. The Labute approximate surface area is 166 Å². The third-order valence-corrected chi connectivity index (χ3v) is 6.41. The maximum absolute atomic E-state index is 13.1. The molecular formula is C22H30N4O2. The van der Waals surface area contributed by atoms with Crippen LogP contribution in [-0.4, -0.2) is 22.9 Å². The molecule has 1 saturated carbocycles. The van der Waals surface area contributed by atoms with Crippen molar-refractivity contribution in [1.82, 2.24) is 9.97 Å². The highest BCUT2D eigenvalue weighted by Crippen LogP contribution is 2.48. The average molecular weight is 383 g/mol. The number of nitrogens with zero attached hydrogens (tertiary/aromatic N) is 3. The molecule has 2 aliphatic rings. The van der Waals surface area contributed by atoms with E-state index in [0.717, 1.165) is 23.6 Å². The molecule has 0 aromatic carbocycles. The van der Waals surface area contributed by atoms with Crippen LogP contribution in [0.4, 0.5) is 11.6 Å². The maximum atomic E-state index is 13.1. The van der Waals surface area contributed by atoms with E-state index in [4.69, 9.17) is 9.40 Å². The minimum absolute atomic E-state index is 0.0282. The van der Waals surface area contributed by atoms with Gasteiger partial charge in [-0.15, -0.1) is 0 Å². The lowest BCUT2D eigenvalue weighted by Crippen LogP contribution is -2.37. The largest absolute Gasteiger partial charge is 0.467 e. The van der Waals surface area contributed by atoms with Gasteiger partial charge in [-0.1, -0.05) is 26.7 Å². The zero-order valence-electron chi connectivity index (χ0n) is 17.2. The summed E-state index contributed by atoms with van der Waals surface area (Å²) in [6, 6.07) is 3.79. The molecule has 0 bridgehead atoms. The fourth-order valence-corrected chi connectivity index (χ4v) is 4.84. The first-order chi connectivity index (χ1) is 13.4. The van der Waals surface area contributed by atoms with E-state index < -0.39 is 5.41 Å². The van der Waals surface area contributed by atoms with E-state index in [0.29, 0.717) is 11.9 Å². The standard InChI is InChI=1S/C22H30N4O2/c1-14(18-10-7-11-28-18)24-21-23-13-17-19(25-21)16(15-8-5-6-9-15)12-22(2,3)20(27)26(17)4/h7,10-11,13-16H,5-6,8-9,12H2,1-4H3,(H,23,24,25). The molecule has 2 aromatic rings. The van der Waals surface area contributed by atoms with E-state index in [1.807, 2.05) is 26.1 Å². The van der Waals surface area contributed by atoms with Crippen molar-refractivity contribution >= 4 is 17.5 Å². The van der Waals surface area contributed by atoms with E-state index in [-0.39, 0.29) is 17.9 Å². The van der Waals surface area contributed by atoms with Crippen LogP contribution in [-0.2, 0) is 4.79 Å². The van der Waals surface area contributed by atoms with Gasteiger partial charge in [0.25, 0.3) is 0 Å². The van der Waals surface area contributed by atoms with Crippen LogP contribution in [0.1, 0.15) is 76.3 Å². The third kappa shape index (κ3) is 3.40. The Morgan fingerprint density at radius 1 is 1.32 bits per heavy atom. The van der Waals surface area contributed by atoms with Gasteiger partial charge in [-0.3, -0.25) is 4.79 Å². The van der Waals surface area contributed by atoms with E-state index in [9.17, 15) is 4.79 Å². The van der Waals surface area contributed by atoms with Crippen molar-refractivity contribution in [1.29, 1.82) is 0 Å². The molecule has 0 radical (unpaired) electrons. The van der Waals surface area contributed by atoms with Crippen LogP contribution in [0.2, 0.25) is 0 Å². The molecule has 6 nitrogen and oxygen atoms in total. The van der Waals surface area contributed by atoms with Crippen LogP contribution in [0.3, 0.4) is 0 Å². The van der Waals surface area contributed by atoms with Crippen molar-refractivity contribution in [2.75, 3.05) is 17.3 Å². The number of amides is 1. The molecule has 6 heteroatoms. The summed E-state index contributed by atoms with van der Waals surface area (Å²) >= 11 is 0. The Morgan fingerprint density at radius 3 is 2.75 bits per heavy atom. The van der Waals surface area contributed by atoms with E-state index in [2.05, 4.69) is 24.1 Å². The molecular weight excluding hydrogens is 352 g/mol. The molecule has 0 spiro atoms. The highest BCUT2D eigenvalue weighted by atomic mass is 16.3. The summed E-state index contributed by atoms with van der Waals surface area (Å²) in [6.45, 7) is 6.15. The Hall–Kier alpha value is -2.37. The summed E-state index contributed by atoms with van der Waals surface area (Å²) in [5, 5.41) is 3.35. The predicted molar refractivity (Wildman–Crippen MR) is 109 cm³/mol. The molecule has 1 aliphatic carbocycles. The molecule has 1 N–H and O–H groups in total. The molecule has 28 heavy (non-hydrogen) atoms. The molecule has 2 aromatic heterocycles. The van der Waals surface area contributed by atoms with Crippen molar-refractivity contribution < 1.29 is 9.21 Å². The van der Waals surface area contributed by atoms with Crippen molar-refractivity contribution in [2.45, 2.75) is 64.8 Å². The third-order valence-electron chi connectivity index (χ3n) is 6.41. The quantitative estimate of drug-likeness (QED) is 0.813. The molecule has 2 atom stereocenters. The van der Waals surface area contributed by atoms with Crippen LogP contribution in [0, 0.1) is 11.3 Å². The van der Waals surface area contributed by atoms with Crippen LogP contribution in [0.15, 0.2) is 29.0 Å². The first kappa shape index (κ1) is 19.0. The van der Waals surface area contributed by atoms with E-state index in [1.165, 1.54) is 25.7 Å². The lowest BCUT2D eigenvalue weighted by atomic mass is 9.75. The molecule has 1 aliphatic heterocycles. The van der Waals surface area contributed by atoms with Gasteiger partial charge in [-0.25, -0.2) is 9.97 Å². The second kappa shape index (κ2) is 7.22. The number of carbonyl (C=O) groups excluding carboxylic acids is 1. The van der Waals surface area contributed by atoms with Crippen molar-refractivity contribution in [2.24, 2.45) is 11.3 Å². The van der Waals surface area contributed by atoms with Gasteiger partial charge in [0.05, 0.1) is 29.9 Å².